The van der Waals surface area contributed by atoms with Crippen molar-refractivity contribution in [3.8, 4) is 5.75 Å². The first-order chi connectivity index (χ1) is 11.5. The van der Waals surface area contributed by atoms with Crippen molar-refractivity contribution in [3.63, 3.8) is 0 Å². The smallest absolute Gasteiger partial charge is 0.277 e. The summed E-state index contributed by atoms with van der Waals surface area (Å²) in [5.74, 6) is 0.241. The highest BCUT2D eigenvalue weighted by atomic mass is 79.9. The van der Waals surface area contributed by atoms with Crippen LogP contribution in [0.5, 0.6) is 5.75 Å². The Kier molecular flexibility index (Phi) is 6.49. The highest BCUT2D eigenvalue weighted by molar-refractivity contribution is 9.10. The molecule has 0 aliphatic carbocycles. The lowest BCUT2D eigenvalue weighted by Crippen LogP contribution is -2.24. The summed E-state index contributed by atoms with van der Waals surface area (Å²) < 4.78 is 19.3. The monoisotopic (exact) mass is 392 g/mol. The maximum Gasteiger partial charge on any atom is 0.277 e. The average Bonchev–Trinajstić information content (AvgIpc) is 2.53. The highest BCUT2D eigenvalue weighted by Gasteiger charge is 2.07. The first kappa shape index (κ1) is 18.1. The van der Waals surface area contributed by atoms with Crippen molar-refractivity contribution in [1.82, 2.24) is 5.43 Å². The minimum absolute atomic E-state index is 0.167. The molecule has 2 rings (SSSR count). The Bertz CT molecular complexity index is 748. The molecule has 1 amide bonds. The summed E-state index contributed by atoms with van der Waals surface area (Å²) in [6.07, 6.45) is 1.37. The van der Waals surface area contributed by atoms with Gasteiger partial charge in [0.2, 0.25) is 0 Å². The van der Waals surface area contributed by atoms with E-state index in [0.29, 0.717) is 17.2 Å². The van der Waals surface area contributed by atoms with Crippen molar-refractivity contribution in [2.75, 3.05) is 6.61 Å². The summed E-state index contributed by atoms with van der Waals surface area (Å²) in [6.45, 7) is 4.04. The summed E-state index contributed by atoms with van der Waals surface area (Å²) in [5, 5.41) is 3.77. The van der Waals surface area contributed by atoms with E-state index in [9.17, 15) is 9.18 Å². The van der Waals surface area contributed by atoms with Crippen LogP contribution in [0.25, 0.3) is 0 Å². The topological polar surface area (TPSA) is 50.7 Å². The number of carbonyl (C=O) groups excluding carboxylic acids is 1. The summed E-state index contributed by atoms with van der Waals surface area (Å²) >= 11 is 3.43. The lowest BCUT2D eigenvalue weighted by atomic mass is 10.0. The molecular weight excluding hydrogens is 375 g/mol. The predicted octanol–water partition coefficient (Wildman–Crippen LogP) is 4.24. The van der Waals surface area contributed by atoms with Gasteiger partial charge in [-0.15, -0.1) is 0 Å². The maximum absolute atomic E-state index is 13.0. The molecule has 0 saturated carbocycles. The third-order valence-electron chi connectivity index (χ3n) is 3.23. The third-order valence-corrected chi connectivity index (χ3v) is 3.85. The standard InChI is InChI=1S/C18H18BrFN2O2/c1-12(2)14-6-7-17(16(19)9-14)24-11-18(23)22-21-10-13-4-3-5-15(20)8-13/h3-10,12H,11H2,1-2H3,(H,22,23)/b21-10+. The summed E-state index contributed by atoms with van der Waals surface area (Å²) in [4.78, 5) is 11.7. The van der Waals surface area contributed by atoms with Crippen LogP contribution in [0.15, 0.2) is 52.0 Å². The number of carbonyl (C=O) groups is 1. The third kappa shape index (κ3) is 5.45. The number of nitrogens with zero attached hydrogens (tertiary/aromatic N) is 1. The number of nitrogens with one attached hydrogen (secondary N) is 1. The zero-order chi connectivity index (χ0) is 17.5. The van der Waals surface area contributed by atoms with Gasteiger partial charge in [0, 0.05) is 0 Å². The van der Waals surface area contributed by atoms with Crippen LogP contribution in [0.4, 0.5) is 4.39 Å². The van der Waals surface area contributed by atoms with Crippen molar-refractivity contribution in [1.29, 1.82) is 0 Å². The van der Waals surface area contributed by atoms with E-state index in [-0.39, 0.29) is 12.4 Å². The fraction of sp³-hybridized carbons (Fsp3) is 0.222. The fourth-order valence-corrected chi connectivity index (χ4v) is 2.45. The molecule has 0 aromatic heterocycles. The minimum atomic E-state index is -0.400. The second-order valence-corrected chi connectivity index (χ2v) is 6.34. The Hall–Kier alpha value is -2.21. The van der Waals surface area contributed by atoms with Gasteiger partial charge in [-0.3, -0.25) is 4.79 Å². The number of rotatable bonds is 6. The van der Waals surface area contributed by atoms with Crippen LogP contribution in [0.3, 0.4) is 0 Å². The van der Waals surface area contributed by atoms with Crippen molar-refractivity contribution in [3.05, 3.63) is 63.9 Å². The summed E-state index contributed by atoms with van der Waals surface area (Å²) in [7, 11) is 0. The molecule has 0 unspecified atom stereocenters. The van der Waals surface area contributed by atoms with Crippen LogP contribution >= 0.6 is 15.9 Å². The van der Waals surface area contributed by atoms with Crippen LogP contribution in [0.1, 0.15) is 30.9 Å². The van der Waals surface area contributed by atoms with E-state index in [1.165, 1.54) is 23.9 Å². The van der Waals surface area contributed by atoms with Gasteiger partial charge in [-0.2, -0.15) is 5.10 Å². The first-order valence-corrected chi connectivity index (χ1v) is 8.24. The number of hydrogen-bond donors (Lipinski definition) is 1. The van der Waals surface area contributed by atoms with Crippen LogP contribution in [0.2, 0.25) is 0 Å². The molecule has 0 aliphatic rings. The first-order valence-electron chi connectivity index (χ1n) is 7.45. The molecule has 0 heterocycles. The fourth-order valence-electron chi connectivity index (χ4n) is 1.93. The molecule has 4 nitrogen and oxygen atoms in total. The van der Waals surface area contributed by atoms with Crippen LogP contribution < -0.4 is 10.2 Å². The quantitative estimate of drug-likeness (QED) is 0.590. The number of ether oxygens (including phenoxy) is 1. The van der Waals surface area contributed by atoms with Crippen molar-refractivity contribution in [2.24, 2.45) is 5.10 Å². The Morgan fingerprint density at radius 1 is 1.33 bits per heavy atom. The molecule has 2 aromatic rings. The molecule has 0 bridgehead atoms. The van der Waals surface area contributed by atoms with Crippen LogP contribution in [-0.2, 0) is 4.79 Å². The number of halogens is 2. The van der Waals surface area contributed by atoms with Gasteiger partial charge in [-0.05, 0) is 57.2 Å². The minimum Gasteiger partial charge on any atom is -0.483 e. The van der Waals surface area contributed by atoms with Gasteiger partial charge >= 0.3 is 0 Å². The Balaban J connectivity index is 1.85. The van der Waals surface area contributed by atoms with Crippen molar-refractivity contribution in [2.45, 2.75) is 19.8 Å². The normalized spacial score (nSPS) is 11.0. The number of hydrazone groups is 1. The van der Waals surface area contributed by atoms with Gasteiger partial charge in [0.05, 0.1) is 10.7 Å². The van der Waals surface area contributed by atoms with E-state index in [4.69, 9.17) is 4.74 Å². The van der Waals surface area contributed by atoms with Crippen LogP contribution in [-0.4, -0.2) is 18.7 Å². The van der Waals surface area contributed by atoms with E-state index >= 15 is 0 Å². The van der Waals surface area contributed by atoms with Gasteiger partial charge in [0.15, 0.2) is 6.61 Å². The number of hydrogen-bond acceptors (Lipinski definition) is 3. The van der Waals surface area contributed by atoms with Gasteiger partial charge in [-0.25, -0.2) is 9.82 Å². The average molecular weight is 393 g/mol. The number of benzene rings is 2. The van der Waals surface area contributed by atoms with Crippen molar-refractivity contribution >= 4 is 28.1 Å². The van der Waals surface area contributed by atoms with E-state index in [1.807, 2.05) is 18.2 Å². The maximum atomic E-state index is 13.0. The highest BCUT2D eigenvalue weighted by Crippen LogP contribution is 2.28. The van der Waals surface area contributed by atoms with E-state index in [1.54, 1.807) is 12.1 Å². The molecule has 126 valence electrons. The SMILES string of the molecule is CC(C)c1ccc(OCC(=O)N/N=C/c2cccc(F)c2)c(Br)c1. The lowest BCUT2D eigenvalue weighted by Gasteiger charge is -2.10. The Morgan fingerprint density at radius 3 is 2.79 bits per heavy atom. The van der Waals surface area contributed by atoms with Crippen LogP contribution in [0, 0.1) is 5.82 Å². The number of amides is 1. The summed E-state index contributed by atoms with van der Waals surface area (Å²) in [5.41, 5.74) is 4.08. The molecular formula is C18H18BrFN2O2. The van der Waals surface area contributed by atoms with Gasteiger partial charge in [0.25, 0.3) is 5.91 Å². The Morgan fingerprint density at radius 2 is 2.12 bits per heavy atom. The molecule has 0 saturated heterocycles. The molecule has 0 radical (unpaired) electrons. The van der Waals surface area contributed by atoms with Gasteiger partial charge in [-0.1, -0.05) is 32.0 Å². The molecule has 6 heteroatoms. The zero-order valence-electron chi connectivity index (χ0n) is 13.4. The molecule has 24 heavy (non-hydrogen) atoms. The molecule has 0 aliphatic heterocycles. The second-order valence-electron chi connectivity index (χ2n) is 5.48. The van der Waals surface area contributed by atoms with E-state index in [2.05, 4.69) is 40.3 Å². The lowest BCUT2D eigenvalue weighted by molar-refractivity contribution is -0.123. The van der Waals surface area contributed by atoms with Gasteiger partial charge < -0.3 is 4.74 Å². The molecule has 0 fully saturated rings. The molecule has 2 aromatic carbocycles. The Labute approximate surface area is 148 Å². The van der Waals surface area contributed by atoms with Gasteiger partial charge in [0.1, 0.15) is 11.6 Å². The largest absolute Gasteiger partial charge is 0.483 e. The molecule has 0 atom stereocenters. The molecule has 1 N–H and O–H groups in total. The zero-order valence-corrected chi connectivity index (χ0v) is 15.0. The van der Waals surface area contributed by atoms with Crippen molar-refractivity contribution < 1.29 is 13.9 Å². The van der Waals surface area contributed by atoms with E-state index in [0.717, 1.165) is 4.47 Å². The second kappa shape index (κ2) is 8.59. The predicted molar refractivity (Wildman–Crippen MR) is 95.9 cm³/mol. The molecule has 0 spiro atoms. The van der Waals surface area contributed by atoms with E-state index < -0.39 is 5.91 Å². The summed E-state index contributed by atoms with van der Waals surface area (Å²) in [6, 6.07) is 11.7.